The SMILES string of the molecule is CCCCCCCCCCCCSO[C@H]1C(O)OC[C@@H](O)[C@@H]1O. The van der Waals surface area contributed by atoms with Crippen LogP contribution in [-0.4, -0.2) is 52.3 Å². The van der Waals surface area contributed by atoms with Gasteiger partial charge < -0.3 is 24.2 Å². The number of unbranched alkanes of at least 4 members (excludes halogenated alkanes) is 9. The summed E-state index contributed by atoms with van der Waals surface area (Å²) in [5.41, 5.74) is 0. The number of hydrogen-bond acceptors (Lipinski definition) is 6. The van der Waals surface area contributed by atoms with Crippen LogP contribution < -0.4 is 0 Å². The molecule has 0 aliphatic carbocycles. The molecule has 0 bridgehead atoms. The van der Waals surface area contributed by atoms with Gasteiger partial charge in [0.1, 0.15) is 12.2 Å². The molecule has 1 aliphatic rings. The zero-order valence-corrected chi connectivity index (χ0v) is 15.2. The zero-order chi connectivity index (χ0) is 16.9. The van der Waals surface area contributed by atoms with Gasteiger partial charge in [-0.1, -0.05) is 64.7 Å². The minimum Gasteiger partial charge on any atom is -0.388 e. The van der Waals surface area contributed by atoms with Crippen molar-refractivity contribution in [3.05, 3.63) is 0 Å². The molecule has 0 aromatic heterocycles. The van der Waals surface area contributed by atoms with Crippen molar-refractivity contribution >= 4 is 12.0 Å². The Labute approximate surface area is 145 Å². The minimum atomic E-state index is -1.17. The molecule has 0 amide bonds. The van der Waals surface area contributed by atoms with Crippen LogP contribution in [0, 0.1) is 0 Å². The van der Waals surface area contributed by atoms with Gasteiger partial charge in [0, 0.05) is 5.75 Å². The summed E-state index contributed by atoms with van der Waals surface area (Å²) in [6.45, 7) is 2.18. The summed E-state index contributed by atoms with van der Waals surface area (Å²) in [7, 11) is 0. The summed E-state index contributed by atoms with van der Waals surface area (Å²) in [5.74, 6) is 0.822. The van der Waals surface area contributed by atoms with Crippen LogP contribution in [0.3, 0.4) is 0 Å². The summed E-state index contributed by atoms with van der Waals surface area (Å²) >= 11 is 1.24. The van der Waals surface area contributed by atoms with Crippen molar-refractivity contribution in [2.75, 3.05) is 12.4 Å². The van der Waals surface area contributed by atoms with Crippen LogP contribution in [0.2, 0.25) is 0 Å². The highest BCUT2D eigenvalue weighted by Gasteiger charge is 2.39. The summed E-state index contributed by atoms with van der Waals surface area (Å²) in [6, 6.07) is 0. The van der Waals surface area contributed by atoms with Crippen molar-refractivity contribution in [2.45, 2.75) is 95.7 Å². The van der Waals surface area contributed by atoms with E-state index in [1.807, 2.05) is 0 Å². The third kappa shape index (κ3) is 9.27. The van der Waals surface area contributed by atoms with Crippen molar-refractivity contribution < 1.29 is 24.2 Å². The van der Waals surface area contributed by atoms with E-state index in [2.05, 4.69) is 6.92 Å². The van der Waals surface area contributed by atoms with E-state index >= 15 is 0 Å². The lowest BCUT2D eigenvalue weighted by atomic mass is 10.1. The smallest absolute Gasteiger partial charge is 0.185 e. The maximum atomic E-state index is 9.76. The first kappa shape index (κ1) is 21.2. The molecule has 1 aliphatic heterocycles. The third-order valence-electron chi connectivity index (χ3n) is 4.21. The molecule has 23 heavy (non-hydrogen) atoms. The molecule has 138 valence electrons. The van der Waals surface area contributed by atoms with Crippen LogP contribution in [0.15, 0.2) is 0 Å². The van der Waals surface area contributed by atoms with Gasteiger partial charge in [-0.15, -0.1) is 0 Å². The molecule has 4 atom stereocenters. The van der Waals surface area contributed by atoms with Crippen molar-refractivity contribution in [3.8, 4) is 0 Å². The Morgan fingerprint density at radius 1 is 0.913 bits per heavy atom. The molecule has 0 aromatic carbocycles. The summed E-state index contributed by atoms with van der Waals surface area (Å²) in [6.07, 6.45) is 8.76. The standard InChI is InChI=1S/C17H34O5S/c1-2-3-4-5-6-7-8-9-10-11-12-23-22-16-15(19)14(18)13-21-17(16)20/h14-20H,2-13H2,1H3/t14-,15+,16-,17?/m1/s1. The average molecular weight is 351 g/mol. The first-order valence-corrected chi connectivity index (χ1v) is 10.0. The highest BCUT2D eigenvalue weighted by Crippen LogP contribution is 2.22. The first-order valence-electron chi connectivity index (χ1n) is 9.11. The normalized spacial score (nSPS) is 28.2. The number of aliphatic hydroxyl groups excluding tert-OH is 3. The average Bonchev–Trinajstić information content (AvgIpc) is 2.55. The lowest BCUT2D eigenvalue weighted by Crippen LogP contribution is -2.53. The monoisotopic (exact) mass is 350 g/mol. The fourth-order valence-electron chi connectivity index (χ4n) is 2.66. The number of hydrogen-bond donors (Lipinski definition) is 3. The zero-order valence-electron chi connectivity index (χ0n) is 14.4. The van der Waals surface area contributed by atoms with Gasteiger partial charge in [-0.05, 0) is 18.5 Å². The molecule has 3 N–H and O–H groups in total. The second-order valence-electron chi connectivity index (χ2n) is 6.35. The van der Waals surface area contributed by atoms with Crippen LogP contribution in [-0.2, 0) is 8.92 Å². The van der Waals surface area contributed by atoms with Gasteiger partial charge in [0.15, 0.2) is 12.4 Å². The molecule has 6 heteroatoms. The second-order valence-corrected chi connectivity index (χ2v) is 7.18. The number of rotatable bonds is 13. The van der Waals surface area contributed by atoms with E-state index in [1.165, 1.54) is 69.8 Å². The molecule has 0 aromatic rings. The molecular weight excluding hydrogens is 316 g/mol. The molecule has 0 spiro atoms. The number of aliphatic hydroxyl groups is 3. The van der Waals surface area contributed by atoms with E-state index in [0.717, 1.165) is 12.2 Å². The highest BCUT2D eigenvalue weighted by atomic mass is 32.2. The van der Waals surface area contributed by atoms with Crippen molar-refractivity contribution in [3.63, 3.8) is 0 Å². The first-order chi connectivity index (χ1) is 11.2. The van der Waals surface area contributed by atoms with Crippen LogP contribution in [0.1, 0.15) is 71.1 Å². The van der Waals surface area contributed by atoms with Gasteiger partial charge in [-0.3, -0.25) is 0 Å². The lowest BCUT2D eigenvalue weighted by Gasteiger charge is -2.34. The lowest BCUT2D eigenvalue weighted by molar-refractivity contribution is -0.242. The molecule has 5 nitrogen and oxygen atoms in total. The van der Waals surface area contributed by atoms with Gasteiger partial charge in [-0.25, -0.2) is 0 Å². The van der Waals surface area contributed by atoms with Gasteiger partial charge >= 0.3 is 0 Å². The van der Waals surface area contributed by atoms with Crippen LogP contribution >= 0.6 is 12.0 Å². The quantitative estimate of drug-likeness (QED) is 0.350. The maximum Gasteiger partial charge on any atom is 0.185 e. The topological polar surface area (TPSA) is 79.2 Å². The Hall–Kier alpha value is 0.150. The Balaban J connectivity index is 1.89. The molecular formula is C17H34O5S. The molecule has 0 saturated carbocycles. The fraction of sp³-hybridized carbons (Fsp3) is 1.00. The van der Waals surface area contributed by atoms with E-state index in [9.17, 15) is 15.3 Å². The predicted octanol–water partition coefficient (Wildman–Crippen LogP) is 3.01. The molecule has 1 heterocycles. The summed E-state index contributed by atoms with van der Waals surface area (Å²) in [4.78, 5) is 0. The van der Waals surface area contributed by atoms with Crippen LogP contribution in [0.5, 0.6) is 0 Å². The molecule has 1 saturated heterocycles. The fourth-order valence-corrected chi connectivity index (χ4v) is 3.44. The Kier molecular flexibility index (Phi) is 12.4. The molecule has 1 rings (SSSR count). The summed E-state index contributed by atoms with van der Waals surface area (Å²) < 4.78 is 10.3. The van der Waals surface area contributed by atoms with Crippen LogP contribution in [0.4, 0.5) is 0 Å². The molecule has 1 fully saturated rings. The van der Waals surface area contributed by atoms with Crippen LogP contribution in [0.25, 0.3) is 0 Å². The minimum absolute atomic E-state index is 0.0642. The largest absolute Gasteiger partial charge is 0.388 e. The molecule has 0 radical (unpaired) electrons. The summed E-state index contributed by atoms with van der Waals surface area (Å²) in [5, 5.41) is 28.8. The van der Waals surface area contributed by atoms with E-state index in [0.29, 0.717) is 0 Å². The third-order valence-corrected chi connectivity index (χ3v) is 5.02. The van der Waals surface area contributed by atoms with E-state index in [1.54, 1.807) is 0 Å². The van der Waals surface area contributed by atoms with E-state index in [4.69, 9.17) is 8.92 Å². The van der Waals surface area contributed by atoms with Gasteiger partial charge in [0.05, 0.1) is 6.61 Å². The van der Waals surface area contributed by atoms with Gasteiger partial charge in [0.25, 0.3) is 0 Å². The van der Waals surface area contributed by atoms with Crippen molar-refractivity contribution in [2.24, 2.45) is 0 Å². The highest BCUT2D eigenvalue weighted by molar-refractivity contribution is 7.94. The second kappa shape index (κ2) is 13.4. The number of ether oxygens (including phenoxy) is 1. The Bertz CT molecular complexity index is 280. The van der Waals surface area contributed by atoms with Gasteiger partial charge in [-0.2, -0.15) is 0 Å². The maximum absolute atomic E-state index is 9.76. The van der Waals surface area contributed by atoms with Crippen molar-refractivity contribution in [1.29, 1.82) is 0 Å². The van der Waals surface area contributed by atoms with E-state index < -0.39 is 24.6 Å². The molecule has 1 unspecified atom stereocenters. The Morgan fingerprint density at radius 2 is 1.48 bits per heavy atom. The Morgan fingerprint density at radius 3 is 2.09 bits per heavy atom. The predicted molar refractivity (Wildman–Crippen MR) is 93.1 cm³/mol. The van der Waals surface area contributed by atoms with Gasteiger partial charge in [0.2, 0.25) is 0 Å². The van der Waals surface area contributed by atoms with E-state index in [-0.39, 0.29) is 6.61 Å². The van der Waals surface area contributed by atoms with Crippen molar-refractivity contribution in [1.82, 2.24) is 0 Å².